The molecule has 1 unspecified atom stereocenters. The topological polar surface area (TPSA) is 26.3 Å². The molecule has 0 radical (unpaired) electrons. The SMILES string of the molecule is O=C1CCCC1C1CCOCC1. The third kappa shape index (κ3) is 1.53. The molecule has 2 nitrogen and oxygen atoms in total. The molecule has 1 aliphatic heterocycles. The van der Waals surface area contributed by atoms with Gasteiger partial charge < -0.3 is 4.74 Å². The van der Waals surface area contributed by atoms with Crippen molar-refractivity contribution in [3.05, 3.63) is 0 Å². The first-order valence-corrected chi connectivity index (χ1v) is 4.98. The molecule has 68 valence electrons. The summed E-state index contributed by atoms with van der Waals surface area (Å²) in [5.74, 6) is 1.56. The van der Waals surface area contributed by atoms with Gasteiger partial charge in [-0.05, 0) is 31.6 Å². The van der Waals surface area contributed by atoms with Crippen LogP contribution in [0.3, 0.4) is 0 Å². The molecule has 1 atom stereocenters. The number of hydrogen-bond donors (Lipinski definition) is 0. The van der Waals surface area contributed by atoms with Crippen molar-refractivity contribution < 1.29 is 9.53 Å². The van der Waals surface area contributed by atoms with Crippen LogP contribution >= 0.6 is 0 Å². The lowest BCUT2D eigenvalue weighted by molar-refractivity contribution is -0.123. The largest absolute Gasteiger partial charge is 0.381 e. The molecule has 1 saturated heterocycles. The summed E-state index contributed by atoms with van der Waals surface area (Å²) in [7, 11) is 0. The maximum atomic E-state index is 11.4. The van der Waals surface area contributed by atoms with E-state index >= 15 is 0 Å². The molecule has 2 heteroatoms. The molecular formula is C10H16O2. The van der Waals surface area contributed by atoms with Crippen LogP contribution in [0.4, 0.5) is 0 Å². The zero-order valence-corrected chi connectivity index (χ0v) is 7.42. The van der Waals surface area contributed by atoms with E-state index in [0.29, 0.717) is 17.6 Å². The van der Waals surface area contributed by atoms with Crippen molar-refractivity contribution >= 4 is 5.78 Å². The lowest BCUT2D eigenvalue weighted by atomic mass is 9.84. The van der Waals surface area contributed by atoms with Gasteiger partial charge in [0, 0.05) is 25.6 Å². The Bertz CT molecular complexity index is 171. The normalized spacial score (nSPS) is 32.7. The van der Waals surface area contributed by atoms with E-state index in [-0.39, 0.29) is 0 Å². The smallest absolute Gasteiger partial charge is 0.136 e. The predicted octanol–water partition coefficient (Wildman–Crippen LogP) is 1.78. The van der Waals surface area contributed by atoms with Gasteiger partial charge in [-0.15, -0.1) is 0 Å². The summed E-state index contributed by atoms with van der Waals surface area (Å²) in [5, 5.41) is 0. The summed E-state index contributed by atoms with van der Waals surface area (Å²) >= 11 is 0. The third-order valence-electron chi connectivity index (χ3n) is 3.19. The fourth-order valence-electron chi connectivity index (χ4n) is 2.46. The molecule has 0 aromatic carbocycles. The Hall–Kier alpha value is -0.370. The summed E-state index contributed by atoms with van der Waals surface area (Å²) in [6.07, 6.45) is 5.32. The summed E-state index contributed by atoms with van der Waals surface area (Å²) in [6, 6.07) is 0. The number of ketones is 1. The van der Waals surface area contributed by atoms with E-state index in [1.807, 2.05) is 0 Å². The Balaban J connectivity index is 1.93. The number of carbonyl (C=O) groups is 1. The second-order valence-corrected chi connectivity index (χ2v) is 3.91. The van der Waals surface area contributed by atoms with Crippen molar-refractivity contribution in [1.29, 1.82) is 0 Å². The lowest BCUT2D eigenvalue weighted by Crippen LogP contribution is -2.25. The third-order valence-corrected chi connectivity index (χ3v) is 3.19. The number of ether oxygens (including phenoxy) is 1. The molecule has 2 aliphatic rings. The highest BCUT2D eigenvalue weighted by atomic mass is 16.5. The van der Waals surface area contributed by atoms with Crippen LogP contribution in [0.25, 0.3) is 0 Å². The van der Waals surface area contributed by atoms with Gasteiger partial charge >= 0.3 is 0 Å². The van der Waals surface area contributed by atoms with Crippen LogP contribution in [0.2, 0.25) is 0 Å². The Morgan fingerprint density at radius 3 is 2.50 bits per heavy atom. The van der Waals surface area contributed by atoms with Crippen molar-refractivity contribution in [2.75, 3.05) is 13.2 Å². The van der Waals surface area contributed by atoms with Crippen molar-refractivity contribution in [1.82, 2.24) is 0 Å². The van der Waals surface area contributed by atoms with Gasteiger partial charge in [0.15, 0.2) is 0 Å². The number of rotatable bonds is 1. The van der Waals surface area contributed by atoms with Gasteiger partial charge in [0.25, 0.3) is 0 Å². The summed E-state index contributed by atoms with van der Waals surface area (Å²) < 4.78 is 5.28. The number of hydrogen-bond acceptors (Lipinski definition) is 2. The molecular weight excluding hydrogens is 152 g/mol. The van der Waals surface area contributed by atoms with Gasteiger partial charge in [0.2, 0.25) is 0 Å². The van der Waals surface area contributed by atoms with E-state index in [1.165, 1.54) is 0 Å². The molecule has 0 bridgehead atoms. The van der Waals surface area contributed by atoms with Gasteiger partial charge in [-0.1, -0.05) is 0 Å². The molecule has 12 heavy (non-hydrogen) atoms. The molecule has 1 saturated carbocycles. The fourth-order valence-corrected chi connectivity index (χ4v) is 2.46. The minimum atomic E-state index is 0.397. The fraction of sp³-hybridized carbons (Fsp3) is 0.900. The summed E-state index contributed by atoms with van der Waals surface area (Å²) in [4.78, 5) is 11.4. The Morgan fingerprint density at radius 2 is 1.92 bits per heavy atom. The number of Topliss-reactive ketones (excluding diaryl/α,β-unsaturated/α-hetero) is 1. The zero-order chi connectivity index (χ0) is 8.39. The molecule has 0 amide bonds. The highest BCUT2D eigenvalue weighted by Gasteiger charge is 2.32. The van der Waals surface area contributed by atoms with Crippen molar-refractivity contribution in [2.45, 2.75) is 32.1 Å². The van der Waals surface area contributed by atoms with Gasteiger partial charge in [-0.3, -0.25) is 4.79 Å². The molecule has 0 spiro atoms. The molecule has 0 N–H and O–H groups in total. The molecule has 1 aliphatic carbocycles. The quantitative estimate of drug-likeness (QED) is 0.596. The van der Waals surface area contributed by atoms with Crippen LogP contribution in [0.15, 0.2) is 0 Å². The van der Waals surface area contributed by atoms with Crippen LogP contribution in [0.5, 0.6) is 0 Å². The molecule has 0 aromatic heterocycles. The highest BCUT2D eigenvalue weighted by molar-refractivity contribution is 5.83. The van der Waals surface area contributed by atoms with E-state index in [0.717, 1.165) is 45.3 Å². The minimum Gasteiger partial charge on any atom is -0.381 e. The average molecular weight is 168 g/mol. The van der Waals surface area contributed by atoms with Gasteiger partial charge in [-0.2, -0.15) is 0 Å². The van der Waals surface area contributed by atoms with Crippen LogP contribution < -0.4 is 0 Å². The van der Waals surface area contributed by atoms with Gasteiger partial charge in [-0.25, -0.2) is 0 Å². The van der Waals surface area contributed by atoms with Gasteiger partial charge in [0.1, 0.15) is 5.78 Å². The van der Waals surface area contributed by atoms with Crippen molar-refractivity contribution in [2.24, 2.45) is 11.8 Å². The standard InChI is InChI=1S/C10H16O2/c11-10-3-1-2-9(10)8-4-6-12-7-5-8/h8-9H,1-7H2. The monoisotopic (exact) mass is 168 g/mol. The van der Waals surface area contributed by atoms with E-state index in [9.17, 15) is 4.79 Å². The minimum absolute atomic E-state index is 0.397. The Morgan fingerprint density at radius 1 is 1.17 bits per heavy atom. The van der Waals surface area contributed by atoms with E-state index in [4.69, 9.17) is 4.74 Å². The second-order valence-electron chi connectivity index (χ2n) is 3.91. The van der Waals surface area contributed by atoms with E-state index in [1.54, 1.807) is 0 Å². The van der Waals surface area contributed by atoms with Crippen LogP contribution in [0, 0.1) is 11.8 Å². The van der Waals surface area contributed by atoms with Crippen LogP contribution in [-0.2, 0) is 9.53 Å². The Kier molecular flexibility index (Phi) is 2.45. The van der Waals surface area contributed by atoms with Crippen LogP contribution in [0.1, 0.15) is 32.1 Å². The molecule has 2 rings (SSSR count). The zero-order valence-electron chi connectivity index (χ0n) is 7.42. The molecule has 1 heterocycles. The highest BCUT2D eigenvalue weighted by Crippen LogP contribution is 2.33. The van der Waals surface area contributed by atoms with E-state index in [2.05, 4.69) is 0 Å². The number of carbonyl (C=O) groups excluding carboxylic acids is 1. The summed E-state index contributed by atoms with van der Waals surface area (Å²) in [5.41, 5.74) is 0. The first-order valence-electron chi connectivity index (χ1n) is 4.98. The first kappa shape index (κ1) is 8.24. The van der Waals surface area contributed by atoms with Gasteiger partial charge in [0.05, 0.1) is 0 Å². The molecule has 0 aromatic rings. The first-order chi connectivity index (χ1) is 5.88. The Labute approximate surface area is 73.3 Å². The van der Waals surface area contributed by atoms with Crippen molar-refractivity contribution in [3.63, 3.8) is 0 Å². The average Bonchev–Trinajstić information content (AvgIpc) is 2.53. The van der Waals surface area contributed by atoms with E-state index < -0.39 is 0 Å². The maximum absolute atomic E-state index is 11.4. The van der Waals surface area contributed by atoms with Crippen molar-refractivity contribution in [3.8, 4) is 0 Å². The van der Waals surface area contributed by atoms with Crippen LogP contribution in [-0.4, -0.2) is 19.0 Å². The lowest BCUT2D eigenvalue weighted by Gasteiger charge is -2.26. The summed E-state index contributed by atoms with van der Waals surface area (Å²) in [6.45, 7) is 1.74. The second kappa shape index (κ2) is 3.56. The maximum Gasteiger partial charge on any atom is 0.136 e. The predicted molar refractivity (Wildman–Crippen MR) is 45.9 cm³/mol. The molecule has 2 fully saturated rings.